The second-order valence-electron chi connectivity index (χ2n) is 6.09. The summed E-state index contributed by atoms with van der Waals surface area (Å²) in [5, 5.41) is 10.9. The first-order valence-electron chi connectivity index (χ1n) is 7.47. The molecule has 1 N–H and O–H groups in total. The first-order chi connectivity index (χ1) is 10.1. The van der Waals surface area contributed by atoms with E-state index in [1.54, 1.807) is 6.92 Å². The first kappa shape index (κ1) is 14.0. The molecule has 4 heteroatoms. The van der Waals surface area contributed by atoms with Gasteiger partial charge in [0.1, 0.15) is 11.3 Å². The summed E-state index contributed by atoms with van der Waals surface area (Å²) in [5.74, 6) is 1.45. The summed E-state index contributed by atoms with van der Waals surface area (Å²) in [6, 6.07) is 8.15. The second-order valence-corrected chi connectivity index (χ2v) is 6.09. The molecule has 0 aliphatic carbocycles. The minimum absolute atomic E-state index is 0.396. The second kappa shape index (κ2) is 5.45. The number of nitrogens with zero attached hydrogens (tertiary/aromatic N) is 3. The number of fused-ring (bicyclic) bond motifs is 3. The molecule has 0 spiro atoms. The number of hydrogen-bond acceptors (Lipinski definition) is 3. The molecular weight excluding hydrogens is 262 g/mol. The molecule has 0 aliphatic rings. The van der Waals surface area contributed by atoms with Gasteiger partial charge in [-0.15, -0.1) is 0 Å². The fourth-order valence-electron chi connectivity index (χ4n) is 2.79. The van der Waals surface area contributed by atoms with Crippen LogP contribution in [0.3, 0.4) is 0 Å². The minimum atomic E-state index is -0.396. The number of aromatic nitrogens is 3. The quantitative estimate of drug-likeness (QED) is 0.800. The SMILES string of the molecule is CC(C)Cn1c(CC(C)O)nc2cnc3ccccc3c21. The molecule has 21 heavy (non-hydrogen) atoms. The Hall–Kier alpha value is -1.94. The third kappa shape index (κ3) is 2.63. The molecule has 3 rings (SSSR count). The largest absolute Gasteiger partial charge is 0.393 e. The monoisotopic (exact) mass is 283 g/mol. The van der Waals surface area contributed by atoms with Crippen LogP contribution >= 0.6 is 0 Å². The van der Waals surface area contributed by atoms with Crippen LogP contribution in [0.4, 0.5) is 0 Å². The van der Waals surface area contributed by atoms with Gasteiger partial charge in [0.15, 0.2) is 0 Å². The van der Waals surface area contributed by atoms with E-state index >= 15 is 0 Å². The Bertz CT molecular complexity index is 774. The molecule has 1 unspecified atom stereocenters. The molecule has 1 aromatic carbocycles. The first-order valence-corrected chi connectivity index (χ1v) is 7.47. The number of pyridine rings is 1. The molecule has 0 amide bonds. The Labute approximate surface area is 124 Å². The molecule has 0 bridgehead atoms. The normalized spacial score (nSPS) is 13.4. The van der Waals surface area contributed by atoms with E-state index in [-0.39, 0.29) is 0 Å². The molecule has 110 valence electrons. The third-order valence-corrected chi connectivity index (χ3v) is 3.58. The lowest BCUT2D eigenvalue weighted by molar-refractivity contribution is 0.191. The molecule has 2 aromatic heterocycles. The molecule has 1 atom stereocenters. The average molecular weight is 283 g/mol. The van der Waals surface area contributed by atoms with E-state index in [9.17, 15) is 5.11 Å². The fourth-order valence-corrected chi connectivity index (χ4v) is 2.79. The van der Waals surface area contributed by atoms with Crippen LogP contribution in [0.15, 0.2) is 30.5 Å². The van der Waals surface area contributed by atoms with Crippen molar-refractivity contribution in [3.8, 4) is 0 Å². The highest BCUT2D eigenvalue weighted by Gasteiger charge is 2.16. The van der Waals surface area contributed by atoms with Gasteiger partial charge in [-0.2, -0.15) is 0 Å². The lowest BCUT2D eigenvalue weighted by Crippen LogP contribution is -2.14. The molecule has 2 heterocycles. The van der Waals surface area contributed by atoms with Crippen molar-refractivity contribution in [3.63, 3.8) is 0 Å². The van der Waals surface area contributed by atoms with Gasteiger partial charge in [-0.3, -0.25) is 4.98 Å². The van der Waals surface area contributed by atoms with Gasteiger partial charge in [0.2, 0.25) is 0 Å². The third-order valence-electron chi connectivity index (χ3n) is 3.58. The smallest absolute Gasteiger partial charge is 0.112 e. The van der Waals surface area contributed by atoms with Gasteiger partial charge in [0, 0.05) is 18.4 Å². The zero-order valence-electron chi connectivity index (χ0n) is 12.7. The van der Waals surface area contributed by atoms with E-state index in [2.05, 4.69) is 29.5 Å². The maximum atomic E-state index is 9.73. The van der Waals surface area contributed by atoms with E-state index in [0.717, 1.165) is 34.3 Å². The number of para-hydroxylation sites is 1. The summed E-state index contributed by atoms with van der Waals surface area (Å²) in [6.45, 7) is 7.09. The van der Waals surface area contributed by atoms with Crippen LogP contribution < -0.4 is 0 Å². The van der Waals surface area contributed by atoms with Crippen molar-refractivity contribution < 1.29 is 5.11 Å². The summed E-state index contributed by atoms with van der Waals surface area (Å²) in [5.41, 5.74) is 3.02. The number of hydrogen-bond donors (Lipinski definition) is 1. The van der Waals surface area contributed by atoms with Crippen LogP contribution in [0, 0.1) is 5.92 Å². The summed E-state index contributed by atoms with van der Waals surface area (Å²) < 4.78 is 2.25. The van der Waals surface area contributed by atoms with E-state index in [4.69, 9.17) is 4.98 Å². The summed E-state index contributed by atoms with van der Waals surface area (Å²) in [7, 11) is 0. The van der Waals surface area contributed by atoms with E-state index in [0.29, 0.717) is 12.3 Å². The summed E-state index contributed by atoms with van der Waals surface area (Å²) in [4.78, 5) is 9.18. The van der Waals surface area contributed by atoms with Crippen LogP contribution in [-0.4, -0.2) is 25.7 Å². The highest BCUT2D eigenvalue weighted by atomic mass is 16.3. The number of rotatable bonds is 4. The molecule has 0 fully saturated rings. The molecule has 0 saturated carbocycles. The molecule has 0 saturated heterocycles. The molecule has 3 aromatic rings. The van der Waals surface area contributed by atoms with Gasteiger partial charge in [-0.05, 0) is 18.9 Å². The van der Waals surface area contributed by atoms with E-state index < -0.39 is 6.10 Å². The van der Waals surface area contributed by atoms with Crippen LogP contribution in [0.1, 0.15) is 26.6 Å². The van der Waals surface area contributed by atoms with Gasteiger partial charge in [-0.25, -0.2) is 4.98 Å². The molecule has 0 aliphatic heterocycles. The van der Waals surface area contributed by atoms with Crippen molar-refractivity contribution in [2.75, 3.05) is 0 Å². The zero-order valence-corrected chi connectivity index (χ0v) is 12.7. The van der Waals surface area contributed by atoms with Crippen LogP contribution in [0.5, 0.6) is 0 Å². The highest BCUT2D eigenvalue weighted by molar-refractivity contribution is 6.02. The fraction of sp³-hybridized carbons (Fsp3) is 0.412. The molecular formula is C17H21N3O. The standard InChI is InChI=1S/C17H21N3O/c1-11(2)10-20-16(8-12(3)21)19-15-9-18-14-7-5-4-6-13(14)17(15)20/h4-7,9,11-12,21H,8,10H2,1-3H3. The van der Waals surface area contributed by atoms with Crippen molar-refractivity contribution >= 4 is 21.9 Å². The molecule has 4 nitrogen and oxygen atoms in total. The summed E-state index contributed by atoms with van der Waals surface area (Å²) in [6.07, 6.45) is 2.00. The predicted octanol–water partition coefficient (Wildman–Crippen LogP) is 3.16. The Morgan fingerprint density at radius 1 is 1.14 bits per heavy atom. The maximum absolute atomic E-state index is 9.73. The van der Waals surface area contributed by atoms with Crippen molar-refractivity contribution in [2.45, 2.75) is 39.8 Å². The average Bonchev–Trinajstić information content (AvgIpc) is 2.75. The minimum Gasteiger partial charge on any atom is -0.393 e. The number of aliphatic hydroxyl groups is 1. The Morgan fingerprint density at radius 3 is 2.62 bits per heavy atom. The van der Waals surface area contributed by atoms with Crippen molar-refractivity contribution in [1.82, 2.24) is 14.5 Å². The van der Waals surface area contributed by atoms with Gasteiger partial charge in [-0.1, -0.05) is 32.0 Å². The van der Waals surface area contributed by atoms with E-state index in [1.165, 1.54) is 0 Å². The number of imidazole rings is 1. The lowest BCUT2D eigenvalue weighted by atomic mass is 10.1. The zero-order chi connectivity index (χ0) is 15.0. The van der Waals surface area contributed by atoms with Crippen LogP contribution in [0.2, 0.25) is 0 Å². The highest BCUT2D eigenvalue weighted by Crippen LogP contribution is 2.26. The lowest BCUT2D eigenvalue weighted by Gasteiger charge is -2.13. The number of aliphatic hydroxyl groups excluding tert-OH is 1. The van der Waals surface area contributed by atoms with Gasteiger partial charge in [0.25, 0.3) is 0 Å². The van der Waals surface area contributed by atoms with Crippen molar-refractivity contribution in [1.29, 1.82) is 0 Å². The Morgan fingerprint density at radius 2 is 1.90 bits per heavy atom. The van der Waals surface area contributed by atoms with Crippen LogP contribution in [-0.2, 0) is 13.0 Å². The topological polar surface area (TPSA) is 50.9 Å². The maximum Gasteiger partial charge on any atom is 0.112 e. The van der Waals surface area contributed by atoms with Gasteiger partial charge < -0.3 is 9.67 Å². The van der Waals surface area contributed by atoms with E-state index in [1.807, 2.05) is 24.4 Å². The van der Waals surface area contributed by atoms with Crippen molar-refractivity contribution in [3.05, 3.63) is 36.3 Å². The molecule has 0 radical (unpaired) electrons. The van der Waals surface area contributed by atoms with Gasteiger partial charge >= 0.3 is 0 Å². The van der Waals surface area contributed by atoms with Crippen LogP contribution in [0.25, 0.3) is 21.9 Å². The van der Waals surface area contributed by atoms with Crippen molar-refractivity contribution in [2.24, 2.45) is 5.92 Å². The summed E-state index contributed by atoms with van der Waals surface area (Å²) >= 11 is 0. The van der Waals surface area contributed by atoms with Gasteiger partial charge in [0.05, 0.1) is 23.3 Å². The Kier molecular flexibility index (Phi) is 3.64. The Balaban J connectivity index is 2.30. The predicted molar refractivity (Wildman–Crippen MR) is 85.3 cm³/mol. The number of benzene rings is 1.